The fourth-order valence-electron chi connectivity index (χ4n) is 3.31. The Morgan fingerprint density at radius 3 is 1.60 bits per heavy atom. The van der Waals surface area contributed by atoms with Crippen LogP contribution in [-0.4, -0.2) is 60.9 Å². The average molecular weight is 563 g/mol. The SMILES string of the molecule is C=CC.C=CC.C=O.C=O.COCCOc1cc(OCCOC)cc(-c2ccc(CCCCCCF)c(C)c2)c1. The summed E-state index contributed by atoms with van der Waals surface area (Å²) in [6, 6.07) is 12.5. The molecule has 2 aromatic carbocycles. The normalized spacial score (nSPS) is 9.05. The maximum absolute atomic E-state index is 12.2. The second-order valence-electron chi connectivity index (χ2n) is 8.19. The van der Waals surface area contributed by atoms with Crippen molar-refractivity contribution in [2.75, 3.05) is 47.3 Å². The van der Waals surface area contributed by atoms with Gasteiger partial charge in [0.05, 0.1) is 19.9 Å². The zero-order valence-corrected chi connectivity index (χ0v) is 25.3. The maximum Gasteiger partial charge on any atom is 0.123 e. The van der Waals surface area contributed by atoms with E-state index in [1.54, 1.807) is 26.4 Å². The predicted molar refractivity (Wildman–Crippen MR) is 165 cm³/mol. The van der Waals surface area contributed by atoms with Crippen LogP contribution < -0.4 is 9.47 Å². The van der Waals surface area contributed by atoms with Gasteiger partial charge in [0.15, 0.2) is 0 Å². The second kappa shape index (κ2) is 31.9. The number of ether oxygens (including phenoxy) is 4. The summed E-state index contributed by atoms with van der Waals surface area (Å²) >= 11 is 0. The first-order valence-corrected chi connectivity index (χ1v) is 13.3. The third-order valence-corrected chi connectivity index (χ3v) is 5.00. The highest BCUT2D eigenvalue weighted by Gasteiger charge is 2.08. The molecule has 0 spiro atoms. The summed E-state index contributed by atoms with van der Waals surface area (Å²) in [5.74, 6) is 1.51. The average Bonchev–Trinajstić information content (AvgIpc) is 2.97. The molecular formula is C33H51FO6. The number of alkyl halides is 1. The molecule has 2 aromatic rings. The van der Waals surface area contributed by atoms with E-state index in [0.29, 0.717) is 32.8 Å². The molecule has 2 rings (SSSR count). The van der Waals surface area contributed by atoms with E-state index in [2.05, 4.69) is 38.3 Å². The monoisotopic (exact) mass is 562 g/mol. The number of hydrogen-bond donors (Lipinski definition) is 0. The third kappa shape index (κ3) is 21.6. The standard InChI is InChI=1S/C25H35FO4.2C3H6.2CH2O/c1-20-16-22(10-9-21(20)8-6-4-5-7-11-26)23-17-24(29-14-12-27-2)19-25(18-23)30-15-13-28-3;2*1-3-2;2*1-2/h9-10,16-19H,4-8,11-15H2,1-3H3;2*3H,1H2,2H3;2*1H2. The summed E-state index contributed by atoms with van der Waals surface area (Å²) in [6.45, 7) is 18.5. The Morgan fingerprint density at radius 2 is 1.18 bits per heavy atom. The summed E-state index contributed by atoms with van der Waals surface area (Å²) in [4.78, 5) is 16.0. The van der Waals surface area contributed by atoms with Crippen molar-refractivity contribution in [2.45, 2.75) is 52.9 Å². The first-order valence-electron chi connectivity index (χ1n) is 13.3. The molecule has 0 aliphatic carbocycles. The van der Waals surface area contributed by atoms with E-state index < -0.39 is 0 Å². The molecule has 0 aliphatic rings. The Kier molecular flexibility index (Phi) is 32.9. The number of allylic oxidation sites excluding steroid dienone is 2. The molecule has 0 unspecified atom stereocenters. The van der Waals surface area contributed by atoms with E-state index in [1.807, 2.05) is 45.6 Å². The first-order chi connectivity index (χ1) is 19.5. The molecule has 0 saturated carbocycles. The number of benzene rings is 2. The quantitative estimate of drug-likeness (QED) is 0.163. The number of rotatable bonds is 15. The molecule has 0 aliphatic heterocycles. The second-order valence-corrected chi connectivity index (χ2v) is 8.19. The maximum atomic E-state index is 12.2. The summed E-state index contributed by atoms with van der Waals surface area (Å²) in [5, 5.41) is 0. The van der Waals surface area contributed by atoms with Crippen LogP contribution in [0.2, 0.25) is 0 Å². The number of carbonyl (C=O) groups is 2. The van der Waals surface area contributed by atoms with Crippen LogP contribution in [0.4, 0.5) is 4.39 Å². The highest BCUT2D eigenvalue weighted by atomic mass is 19.1. The van der Waals surface area contributed by atoms with Crippen LogP contribution >= 0.6 is 0 Å². The van der Waals surface area contributed by atoms with Gasteiger partial charge in [0.1, 0.15) is 38.3 Å². The minimum Gasteiger partial charge on any atom is -0.491 e. The smallest absolute Gasteiger partial charge is 0.123 e. The lowest BCUT2D eigenvalue weighted by molar-refractivity contribution is -0.0987. The molecule has 0 heterocycles. The van der Waals surface area contributed by atoms with Gasteiger partial charge in [-0.2, -0.15) is 0 Å². The largest absolute Gasteiger partial charge is 0.491 e. The summed E-state index contributed by atoms with van der Waals surface area (Å²) in [6.07, 6.45) is 8.35. The molecule has 0 radical (unpaired) electrons. The van der Waals surface area contributed by atoms with Gasteiger partial charge in [-0.05, 0) is 74.4 Å². The van der Waals surface area contributed by atoms with Crippen molar-refractivity contribution in [1.29, 1.82) is 0 Å². The van der Waals surface area contributed by atoms with Crippen molar-refractivity contribution in [1.82, 2.24) is 0 Å². The number of carbonyl (C=O) groups excluding carboxylic acids is 2. The predicted octanol–water partition coefficient (Wildman–Crippen LogP) is 7.80. The third-order valence-electron chi connectivity index (χ3n) is 5.00. The number of methoxy groups -OCH3 is 2. The molecule has 0 bridgehead atoms. The van der Waals surface area contributed by atoms with Crippen molar-refractivity contribution in [3.05, 3.63) is 72.8 Å². The van der Waals surface area contributed by atoms with Gasteiger partial charge in [0, 0.05) is 20.3 Å². The zero-order chi connectivity index (χ0) is 31.0. The van der Waals surface area contributed by atoms with Gasteiger partial charge in [0.2, 0.25) is 0 Å². The lowest BCUT2D eigenvalue weighted by Gasteiger charge is -2.14. The Labute approximate surface area is 242 Å². The van der Waals surface area contributed by atoms with Crippen LogP contribution in [-0.2, 0) is 25.5 Å². The van der Waals surface area contributed by atoms with Crippen LogP contribution in [0.5, 0.6) is 11.5 Å². The minimum absolute atomic E-state index is 0.209. The Hall–Kier alpha value is -3.29. The fraction of sp³-hybridized carbons (Fsp3) is 0.455. The molecule has 226 valence electrons. The van der Waals surface area contributed by atoms with Crippen LogP contribution in [0.15, 0.2) is 61.7 Å². The van der Waals surface area contributed by atoms with E-state index in [9.17, 15) is 4.39 Å². The Bertz CT molecular complexity index is 836. The van der Waals surface area contributed by atoms with Gasteiger partial charge in [0.25, 0.3) is 0 Å². The van der Waals surface area contributed by atoms with E-state index in [-0.39, 0.29) is 6.67 Å². The highest BCUT2D eigenvalue weighted by molar-refractivity contribution is 5.68. The van der Waals surface area contributed by atoms with Crippen LogP contribution in [0, 0.1) is 6.92 Å². The molecule has 0 atom stereocenters. The molecule has 0 N–H and O–H groups in total. The fourth-order valence-corrected chi connectivity index (χ4v) is 3.31. The van der Waals surface area contributed by atoms with Crippen LogP contribution in [0.3, 0.4) is 0 Å². The Morgan fingerprint density at radius 1 is 0.700 bits per heavy atom. The van der Waals surface area contributed by atoms with Crippen molar-refractivity contribution in [2.24, 2.45) is 0 Å². The first kappa shape index (κ1) is 41.2. The van der Waals surface area contributed by atoms with Gasteiger partial charge in [-0.15, -0.1) is 13.2 Å². The molecule has 0 amide bonds. The van der Waals surface area contributed by atoms with Crippen molar-refractivity contribution in [3.63, 3.8) is 0 Å². The molecule has 0 saturated heterocycles. The van der Waals surface area contributed by atoms with Crippen molar-refractivity contribution < 1.29 is 32.9 Å². The molecular weight excluding hydrogens is 511 g/mol. The Balaban J connectivity index is -0.00000121. The number of halogens is 1. The summed E-state index contributed by atoms with van der Waals surface area (Å²) in [5.41, 5.74) is 4.80. The van der Waals surface area contributed by atoms with E-state index in [0.717, 1.165) is 48.3 Å². The van der Waals surface area contributed by atoms with Gasteiger partial charge >= 0.3 is 0 Å². The molecule has 0 fully saturated rings. The summed E-state index contributed by atoms with van der Waals surface area (Å²) < 4.78 is 34.0. The highest BCUT2D eigenvalue weighted by Crippen LogP contribution is 2.31. The van der Waals surface area contributed by atoms with Crippen molar-refractivity contribution >= 4 is 13.6 Å². The van der Waals surface area contributed by atoms with E-state index in [1.165, 1.54) is 11.1 Å². The number of hydrogen-bond acceptors (Lipinski definition) is 6. The molecule has 7 heteroatoms. The van der Waals surface area contributed by atoms with Crippen LogP contribution in [0.1, 0.15) is 50.7 Å². The lowest BCUT2D eigenvalue weighted by atomic mass is 9.96. The topological polar surface area (TPSA) is 71.1 Å². The summed E-state index contributed by atoms with van der Waals surface area (Å²) in [7, 11) is 3.31. The zero-order valence-electron chi connectivity index (χ0n) is 25.3. The number of unbranched alkanes of at least 4 members (excludes halogenated alkanes) is 3. The number of aryl methyl sites for hydroxylation is 2. The molecule has 6 nitrogen and oxygen atoms in total. The van der Waals surface area contributed by atoms with Gasteiger partial charge < -0.3 is 28.5 Å². The minimum atomic E-state index is -0.209. The van der Waals surface area contributed by atoms with Gasteiger partial charge in [-0.25, -0.2) is 0 Å². The van der Waals surface area contributed by atoms with Crippen LogP contribution in [0.25, 0.3) is 11.1 Å². The molecule has 40 heavy (non-hydrogen) atoms. The lowest BCUT2D eigenvalue weighted by Crippen LogP contribution is -2.06. The van der Waals surface area contributed by atoms with Gasteiger partial charge in [-0.1, -0.05) is 43.2 Å². The molecule has 0 aromatic heterocycles. The van der Waals surface area contributed by atoms with E-state index >= 15 is 0 Å². The van der Waals surface area contributed by atoms with E-state index in [4.69, 9.17) is 28.5 Å². The van der Waals surface area contributed by atoms with Crippen molar-refractivity contribution in [3.8, 4) is 22.6 Å². The van der Waals surface area contributed by atoms with Gasteiger partial charge in [-0.3, -0.25) is 4.39 Å².